The SMILES string of the molecule is O=C(CS(=O)Cc1cccc2ccccc12)Nc1ccc(C(=O)O)cc1. The molecule has 3 aromatic carbocycles. The molecule has 0 bridgehead atoms. The normalized spacial score (nSPS) is 11.8. The lowest BCUT2D eigenvalue weighted by molar-refractivity contribution is -0.113. The van der Waals surface area contributed by atoms with Gasteiger partial charge in [0, 0.05) is 22.2 Å². The third kappa shape index (κ3) is 4.34. The van der Waals surface area contributed by atoms with E-state index in [1.807, 2.05) is 42.5 Å². The third-order valence-electron chi connectivity index (χ3n) is 3.90. The topological polar surface area (TPSA) is 83.5 Å². The fraction of sp³-hybridized carbons (Fsp3) is 0.100. The standard InChI is InChI=1S/C20H17NO4S/c22-19(21-17-10-8-15(9-11-17)20(23)24)13-26(25)12-16-6-3-5-14-4-1-2-7-18(14)16/h1-11H,12-13H2,(H,21,22)(H,23,24). The summed E-state index contributed by atoms with van der Waals surface area (Å²) in [5, 5.41) is 13.6. The predicted molar refractivity (Wildman–Crippen MR) is 103 cm³/mol. The van der Waals surface area contributed by atoms with Crippen molar-refractivity contribution < 1.29 is 18.9 Å². The monoisotopic (exact) mass is 367 g/mol. The second kappa shape index (κ2) is 7.93. The van der Waals surface area contributed by atoms with Crippen molar-refractivity contribution in [2.45, 2.75) is 5.75 Å². The highest BCUT2D eigenvalue weighted by atomic mass is 32.2. The lowest BCUT2D eigenvalue weighted by atomic mass is 10.1. The summed E-state index contributed by atoms with van der Waals surface area (Å²) in [4.78, 5) is 22.9. The van der Waals surface area contributed by atoms with Gasteiger partial charge in [-0.2, -0.15) is 0 Å². The van der Waals surface area contributed by atoms with Gasteiger partial charge in [-0.3, -0.25) is 9.00 Å². The molecule has 0 radical (unpaired) electrons. The van der Waals surface area contributed by atoms with Crippen LogP contribution in [0.15, 0.2) is 66.7 Å². The van der Waals surface area contributed by atoms with E-state index >= 15 is 0 Å². The zero-order valence-corrected chi connectivity index (χ0v) is 14.7. The molecule has 5 nitrogen and oxygen atoms in total. The van der Waals surface area contributed by atoms with Gasteiger partial charge in [0.05, 0.1) is 5.56 Å². The van der Waals surface area contributed by atoms with Crippen LogP contribution < -0.4 is 5.32 Å². The number of rotatable bonds is 6. The van der Waals surface area contributed by atoms with Crippen LogP contribution in [0.25, 0.3) is 10.8 Å². The Morgan fingerprint density at radius 1 is 0.923 bits per heavy atom. The molecular formula is C20H17NO4S. The molecule has 0 aliphatic heterocycles. The minimum atomic E-state index is -1.35. The minimum absolute atomic E-state index is 0.121. The number of hydrogen-bond donors (Lipinski definition) is 2. The lowest BCUT2D eigenvalue weighted by Crippen LogP contribution is -2.20. The van der Waals surface area contributed by atoms with Crippen molar-refractivity contribution in [3.8, 4) is 0 Å². The highest BCUT2D eigenvalue weighted by Gasteiger charge is 2.11. The molecule has 0 heterocycles. The van der Waals surface area contributed by atoms with E-state index in [9.17, 15) is 13.8 Å². The molecule has 0 saturated carbocycles. The predicted octanol–water partition coefficient (Wildman–Crippen LogP) is 3.43. The minimum Gasteiger partial charge on any atom is -0.478 e. The number of carboxylic acids is 1. The fourth-order valence-corrected chi connectivity index (χ4v) is 3.75. The van der Waals surface area contributed by atoms with E-state index in [2.05, 4.69) is 5.32 Å². The van der Waals surface area contributed by atoms with E-state index in [1.165, 1.54) is 24.3 Å². The van der Waals surface area contributed by atoms with Crippen molar-refractivity contribution >= 4 is 39.1 Å². The number of carbonyl (C=O) groups excluding carboxylic acids is 1. The second-order valence-electron chi connectivity index (χ2n) is 5.80. The van der Waals surface area contributed by atoms with Crippen LogP contribution in [-0.4, -0.2) is 26.9 Å². The zero-order valence-electron chi connectivity index (χ0n) is 13.8. The molecule has 132 valence electrons. The smallest absolute Gasteiger partial charge is 0.335 e. The molecular weight excluding hydrogens is 350 g/mol. The Hall–Kier alpha value is -2.99. The Morgan fingerprint density at radius 3 is 2.35 bits per heavy atom. The van der Waals surface area contributed by atoms with E-state index in [1.54, 1.807) is 0 Å². The van der Waals surface area contributed by atoms with E-state index in [0.29, 0.717) is 11.4 Å². The molecule has 0 spiro atoms. The molecule has 1 unspecified atom stereocenters. The number of benzene rings is 3. The largest absolute Gasteiger partial charge is 0.478 e. The van der Waals surface area contributed by atoms with E-state index in [4.69, 9.17) is 5.11 Å². The Bertz CT molecular complexity index is 977. The van der Waals surface area contributed by atoms with Crippen molar-refractivity contribution in [2.75, 3.05) is 11.1 Å². The highest BCUT2D eigenvalue weighted by molar-refractivity contribution is 7.85. The molecule has 1 amide bonds. The van der Waals surface area contributed by atoms with Crippen LogP contribution in [0.5, 0.6) is 0 Å². The summed E-state index contributed by atoms with van der Waals surface area (Å²) in [6.45, 7) is 0. The lowest BCUT2D eigenvalue weighted by Gasteiger charge is -2.08. The summed E-state index contributed by atoms with van der Waals surface area (Å²) in [5.74, 6) is -1.22. The number of hydrogen-bond acceptors (Lipinski definition) is 3. The Balaban J connectivity index is 1.62. The summed E-state index contributed by atoms with van der Waals surface area (Å²) < 4.78 is 12.4. The molecule has 3 rings (SSSR count). The van der Waals surface area contributed by atoms with Crippen LogP contribution in [0.1, 0.15) is 15.9 Å². The maximum Gasteiger partial charge on any atom is 0.335 e. The molecule has 0 fully saturated rings. The summed E-state index contributed by atoms with van der Waals surface area (Å²) >= 11 is 0. The molecule has 0 aliphatic carbocycles. The van der Waals surface area contributed by atoms with Crippen molar-refractivity contribution in [2.24, 2.45) is 0 Å². The maximum absolute atomic E-state index is 12.4. The Kier molecular flexibility index (Phi) is 5.43. The van der Waals surface area contributed by atoms with Gasteiger partial charge in [0.15, 0.2) is 0 Å². The van der Waals surface area contributed by atoms with Gasteiger partial charge in [-0.15, -0.1) is 0 Å². The molecule has 2 N–H and O–H groups in total. The van der Waals surface area contributed by atoms with Crippen molar-refractivity contribution in [1.29, 1.82) is 0 Å². The first kappa shape index (κ1) is 17.8. The number of aromatic carboxylic acids is 1. The van der Waals surface area contributed by atoms with Crippen LogP contribution in [0.2, 0.25) is 0 Å². The number of nitrogens with one attached hydrogen (secondary N) is 1. The average Bonchev–Trinajstić information content (AvgIpc) is 2.62. The quantitative estimate of drug-likeness (QED) is 0.699. The van der Waals surface area contributed by atoms with Gasteiger partial charge in [-0.25, -0.2) is 4.79 Å². The van der Waals surface area contributed by atoms with Gasteiger partial charge in [0.2, 0.25) is 5.91 Å². The van der Waals surface area contributed by atoms with Crippen molar-refractivity contribution in [1.82, 2.24) is 0 Å². The van der Waals surface area contributed by atoms with E-state index in [0.717, 1.165) is 16.3 Å². The summed E-state index contributed by atoms with van der Waals surface area (Å²) in [7, 11) is -1.35. The number of carbonyl (C=O) groups is 2. The number of carboxylic acid groups (broad SMARTS) is 1. The molecule has 6 heteroatoms. The first-order chi connectivity index (χ1) is 12.5. The number of amides is 1. The van der Waals surface area contributed by atoms with Crippen LogP contribution in [-0.2, 0) is 21.3 Å². The van der Waals surface area contributed by atoms with E-state index < -0.39 is 16.8 Å². The molecule has 26 heavy (non-hydrogen) atoms. The maximum atomic E-state index is 12.4. The molecule has 3 aromatic rings. The van der Waals surface area contributed by atoms with E-state index in [-0.39, 0.29) is 17.2 Å². The van der Waals surface area contributed by atoms with Gasteiger partial charge < -0.3 is 10.4 Å². The summed E-state index contributed by atoms with van der Waals surface area (Å²) in [5.41, 5.74) is 1.56. The second-order valence-corrected chi connectivity index (χ2v) is 7.25. The number of fused-ring (bicyclic) bond motifs is 1. The van der Waals surface area contributed by atoms with Crippen molar-refractivity contribution in [3.63, 3.8) is 0 Å². The molecule has 1 atom stereocenters. The highest BCUT2D eigenvalue weighted by Crippen LogP contribution is 2.20. The zero-order chi connectivity index (χ0) is 18.5. The Labute approximate surface area is 153 Å². The molecule has 0 aliphatic rings. The first-order valence-electron chi connectivity index (χ1n) is 7.98. The average molecular weight is 367 g/mol. The van der Waals surface area contributed by atoms with Gasteiger partial charge in [-0.05, 0) is 40.6 Å². The van der Waals surface area contributed by atoms with Crippen LogP contribution in [0, 0.1) is 0 Å². The Morgan fingerprint density at radius 2 is 1.62 bits per heavy atom. The summed E-state index contributed by atoms with van der Waals surface area (Å²) in [6, 6.07) is 19.5. The number of anilines is 1. The van der Waals surface area contributed by atoms with Crippen LogP contribution in [0.3, 0.4) is 0 Å². The third-order valence-corrected chi connectivity index (χ3v) is 5.12. The summed E-state index contributed by atoms with van der Waals surface area (Å²) in [6.07, 6.45) is 0. The van der Waals surface area contributed by atoms with Gasteiger partial charge in [0.1, 0.15) is 5.75 Å². The van der Waals surface area contributed by atoms with Gasteiger partial charge in [0.25, 0.3) is 0 Å². The van der Waals surface area contributed by atoms with Crippen LogP contribution >= 0.6 is 0 Å². The van der Waals surface area contributed by atoms with Crippen LogP contribution in [0.4, 0.5) is 5.69 Å². The molecule has 0 saturated heterocycles. The van der Waals surface area contributed by atoms with Gasteiger partial charge >= 0.3 is 5.97 Å². The first-order valence-corrected chi connectivity index (χ1v) is 9.46. The van der Waals surface area contributed by atoms with Gasteiger partial charge in [-0.1, -0.05) is 42.5 Å². The molecule has 0 aromatic heterocycles. The van der Waals surface area contributed by atoms with Crippen molar-refractivity contribution in [3.05, 3.63) is 77.9 Å². The fourth-order valence-electron chi connectivity index (χ4n) is 2.68.